The average Bonchev–Trinajstić information content (AvgIpc) is 2.52. The number of carbonyl (C=O) groups excluding carboxylic acids is 1. The number of aliphatic hydroxyl groups is 1. The molecule has 2 aromatic carbocycles. The van der Waals surface area contributed by atoms with Crippen LogP contribution in [0.4, 0.5) is 0 Å². The first kappa shape index (κ1) is 15.1. The first-order chi connectivity index (χ1) is 10.1. The highest BCUT2D eigenvalue weighted by Crippen LogP contribution is 2.20. The van der Waals surface area contributed by atoms with Crippen molar-refractivity contribution in [2.24, 2.45) is 0 Å². The highest BCUT2D eigenvalue weighted by molar-refractivity contribution is 5.72. The topological polar surface area (TPSA) is 58.6 Å². The molecule has 2 rings (SSSR count). The molecule has 0 aromatic heterocycles. The van der Waals surface area contributed by atoms with Gasteiger partial charge in [0.05, 0.1) is 6.10 Å². The Morgan fingerprint density at radius 1 is 1.19 bits per heavy atom. The van der Waals surface area contributed by atoms with Crippen molar-refractivity contribution in [3.05, 3.63) is 65.7 Å². The molecule has 4 heteroatoms. The van der Waals surface area contributed by atoms with Crippen molar-refractivity contribution >= 4 is 5.91 Å². The van der Waals surface area contributed by atoms with Gasteiger partial charge in [0, 0.05) is 13.5 Å². The van der Waals surface area contributed by atoms with Crippen LogP contribution in [0.1, 0.15) is 24.2 Å². The van der Waals surface area contributed by atoms with E-state index < -0.39 is 6.10 Å². The molecule has 0 aliphatic rings. The molecular weight excluding hydrogens is 266 g/mol. The summed E-state index contributed by atoms with van der Waals surface area (Å²) >= 11 is 0. The van der Waals surface area contributed by atoms with Gasteiger partial charge in [0.2, 0.25) is 5.91 Å². The summed E-state index contributed by atoms with van der Waals surface area (Å²) in [4.78, 5) is 10.9. The lowest BCUT2D eigenvalue weighted by molar-refractivity contribution is -0.119. The maximum atomic E-state index is 10.9. The minimum atomic E-state index is -0.742. The molecule has 0 spiro atoms. The van der Waals surface area contributed by atoms with Gasteiger partial charge in [-0.2, -0.15) is 0 Å². The molecule has 0 fully saturated rings. The van der Waals surface area contributed by atoms with Gasteiger partial charge in [0.1, 0.15) is 12.4 Å². The van der Waals surface area contributed by atoms with Gasteiger partial charge >= 0.3 is 0 Å². The molecule has 21 heavy (non-hydrogen) atoms. The zero-order chi connectivity index (χ0) is 15.1. The summed E-state index contributed by atoms with van der Waals surface area (Å²) in [6.45, 7) is 2.09. The highest BCUT2D eigenvalue weighted by atomic mass is 16.5. The van der Waals surface area contributed by atoms with Crippen LogP contribution in [0.2, 0.25) is 0 Å². The highest BCUT2D eigenvalue weighted by Gasteiger charge is 2.09. The number of nitrogens with one attached hydrogen (secondary N) is 1. The maximum absolute atomic E-state index is 10.9. The molecule has 0 heterocycles. The van der Waals surface area contributed by atoms with Crippen LogP contribution in [-0.2, 0) is 11.4 Å². The standard InChI is InChI=1S/C17H19NO3/c1-13(19)18-11-17(20)15-8-5-9-16(10-15)21-12-14-6-3-2-4-7-14/h2-10,17,20H,11-12H2,1H3,(H,18,19). The Morgan fingerprint density at radius 2 is 1.95 bits per heavy atom. The van der Waals surface area contributed by atoms with Crippen LogP contribution >= 0.6 is 0 Å². The van der Waals surface area contributed by atoms with Crippen LogP contribution in [0.15, 0.2) is 54.6 Å². The van der Waals surface area contributed by atoms with Crippen LogP contribution in [0.25, 0.3) is 0 Å². The number of hydrogen-bond donors (Lipinski definition) is 2. The molecular formula is C17H19NO3. The van der Waals surface area contributed by atoms with Gasteiger partial charge in [0.15, 0.2) is 0 Å². The van der Waals surface area contributed by atoms with Crippen LogP contribution in [0, 0.1) is 0 Å². The lowest BCUT2D eigenvalue weighted by Crippen LogP contribution is -2.25. The van der Waals surface area contributed by atoms with Gasteiger partial charge in [-0.15, -0.1) is 0 Å². The molecule has 0 radical (unpaired) electrons. The first-order valence-corrected chi connectivity index (χ1v) is 6.84. The molecule has 0 saturated heterocycles. The molecule has 1 unspecified atom stereocenters. The predicted octanol–water partition coefficient (Wildman–Crippen LogP) is 2.44. The summed E-state index contributed by atoms with van der Waals surface area (Å²) in [5, 5.41) is 12.6. The van der Waals surface area contributed by atoms with E-state index >= 15 is 0 Å². The predicted molar refractivity (Wildman–Crippen MR) is 80.9 cm³/mol. The number of benzene rings is 2. The molecule has 2 aromatic rings. The quantitative estimate of drug-likeness (QED) is 0.857. The Hall–Kier alpha value is -2.33. The van der Waals surface area contributed by atoms with Crippen molar-refractivity contribution in [3.8, 4) is 5.75 Å². The number of hydrogen-bond acceptors (Lipinski definition) is 3. The lowest BCUT2D eigenvalue weighted by atomic mass is 10.1. The Morgan fingerprint density at radius 3 is 2.67 bits per heavy atom. The smallest absolute Gasteiger partial charge is 0.216 e. The fraction of sp³-hybridized carbons (Fsp3) is 0.235. The maximum Gasteiger partial charge on any atom is 0.216 e. The number of ether oxygens (including phenoxy) is 1. The third kappa shape index (κ3) is 4.93. The second-order valence-corrected chi connectivity index (χ2v) is 4.80. The minimum Gasteiger partial charge on any atom is -0.489 e. The molecule has 110 valence electrons. The van der Waals surface area contributed by atoms with Crippen LogP contribution in [0.3, 0.4) is 0 Å². The van der Waals surface area contributed by atoms with E-state index in [1.54, 1.807) is 6.07 Å². The van der Waals surface area contributed by atoms with Gasteiger partial charge in [-0.3, -0.25) is 4.79 Å². The second-order valence-electron chi connectivity index (χ2n) is 4.80. The fourth-order valence-electron chi connectivity index (χ4n) is 1.91. The van der Waals surface area contributed by atoms with Crippen molar-refractivity contribution in [1.29, 1.82) is 0 Å². The van der Waals surface area contributed by atoms with Gasteiger partial charge in [-0.25, -0.2) is 0 Å². The fourth-order valence-corrected chi connectivity index (χ4v) is 1.91. The largest absolute Gasteiger partial charge is 0.489 e. The van der Waals surface area contributed by atoms with E-state index in [9.17, 15) is 9.90 Å². The Labute approximate surface area is 124 Å². The van der Waals surface area contributed by atoms with E-state index in [4.69, 9.17) is 4.74 Å². The molecule has 4 nitrogen and oxygen atoms in total. The van der Waals surface area contributed by atoms with E-state index in [0.717, 1.165) is 5.56 Å². The van der Waals surface area contributed by atoms with E-state index in [2.05, 4.69) is 5.32 Å². The van der Waals surface area contributed by atoms with E-state index in [-0.39, 0.29) is 12.5 Å². The number of carbonyl (C=O) groups is 1. The van der Waals surface area contributed by atoms with E-state index in [0.29, 0.717) is 17.9 Å². The first-order valence-electron chi connectivity index (χ1n) is 6.84. The van der Waals surface area contributed by atoms with Crippen molar-refractivity contribution in [1.82, 2.24) is 5.32 Å². The Kier molecular flexibility index (Phi) is 5.35. The molecule has 0 saturated carbocycles. The SMILES string of the molecule is CC(=O)NCC(O)c1cccc(OCc2ccccc2)c1. The molecule has 0 bridgehead atoms. The van der Waals surface area contributed by atoms with Gasteiger partial charge in [-0.1, -0.05) is 42.5 Å². The third-order valence-corrected chi connectivity index (χ3v) is 3.04. The number of amides is 1. The third-order valence-electron chi connectivity index (χ3n) is 3.04. The zero-order valence-corrected chi connectivity index (χ0v) is 12.0. The molecule has 1 atom stereocenters. The van der Waals surface area contributed by atoms with Gasteiger partial charge in [-0.05, 0) is 23.3 Å². The van der Waals surface area contributed by atoms with Crippen molar-refractivity contribution < 1.29 is 14.6 Å². The average molecular weight is 285 g/mol. The number of aliphatic hydroxyl groups excluding tert-OH is 1. The summed E-state index contributed by atoms with van der Waals surface area (Å²) in [5.41, 5.74) is 1.80. The van der Waals surface area contributed by atoms with Crippen LogP contribution in [0.5, 0.6) is 5.75 Å². The molecule has 2 N–H and O–H groups in total. The summed E-state index contributed by atoms with van der Waals surface area (Å²) in [5.74, 6) is 0.531. The molecule has 1 amide bonds. The molecule has 0 aliphatic carbocycles. The van der Waals surface area contributed by atoms with Crippen LogP contribution in [-0.4, -0.2) is 17.6 Å². The second kappa shape index (κ2) is 7.45. The van der Waals surface area contributed by atoms with Crippen molar-refractivity contribution in [2.45, 2.75) is 19.6 Å². The van der Waals surface area contributed by atoms with Crippen molar-refractivity contribution in [3.63, 3.8) is 0 Å². The molecule has 0 aliphatic heterocycles. The summed E-state index contributed by atoms with van der Waals surface area (Å²) in [6, 6.07) is 17.1. The normalized spacial score (nSPS) is 11.7. The van der Waals surface area contributed by atoms with Gasteiger partial charge < -0.3 is 15.2 Å². The minimum absolute atomic E-state index is 0.162. The van der Waals surface area contributed by atoms with E-state index in [1.165, 1.54) is 6.92 Å². The summed E-state index contributed by atoms with van der Waals surface area (Å²) in [6.07, 6.45) is -0.742. The Balaban J connectivity index is 1.95. The monoisotopic (exact) mass is 285 g/mol. The van der Waals surface area contributed by atoms with Crippen molar-refractivity contribution in [2.75, 3.05) is 6.54 Å². The van der Waals surface area contributed by atoms with Gasteiger partial charge in [0.25, 0.3) is 0 Å². The summed E-state index contributed by atoms with van der Waals surface area (Å²) < 4.78 is 5.71. The van der Waals surface area contributed by atoms with E-state index in [1.807, 2.05) is 48.5 Å². The van der Waals surface area contributed by atoms with Crippen LogP contribution < -0.4 is 10.1 Å². The number of rotatable bonds is 6. The summed E-state index contributed by atoms with van der Waals surface area (Å²) in [7, 11) is 0. The zero-order valence-electron chi connectivity index (χ0n) is 12.0. The lowest BCUT2D eigenvalue weighted by Gasteiger charge is -2.13. The Bertz CT molecular complexity index is 584.